The molecule has 3 heteroatoms. The van der Waals surface area contributed by atoms with E-state index in [1.54, 1.807) is 0 Å². The Morgan fingerprint density at radius 3 is 2.36 bits per heavy atom. The van der Waals surface area contributed by atoms with Gasteiger partial charge in [-0.25, -0.2) is 0 Å². The van der Waals surface area contributed by atoms with Gasteiger partial charge in [0.2, 0.25) is 5.91 Å². The summed E-state index contributed by atoms with van der Waals surface area (Å²) in [6.45, 7) is 4.61. The van der Waals surface area contributed by atoms with Gasteiger partial charge in [-0.1, -0.05) is 25.0 Å². The lowest BCUT2D eigenvalue weighted by molar-refractivity contribution is -0.130. The number of amides is 1. The molecule has 2 heterocycles. The summed E-state index contributed by atoms with van der Waals surface area (Å²) in [6.07, 6.45) is 13.7. The third-order valence-corrected chi connectivity index (χ3v) is 8.45. The van der Waals surface area contributed by atoms with Crippen molar-refractivity contribution in [1.29, 1.82) is 0 Å². The van der Waals surface area contributed by atoms with Crippen molar-refractivity contribution in [1.82, 2.24) is 4.90 Å². The number of carbonyl (C=O) groups is 1. The van der Waals surface area contributed by atoms with Crippen LogP contribution in [0.1, 0.15) is 89.0 Å². The lowest BCUT2D eigenvalue weighted by Crippen LogP contribution is -2.47. The van der Waals surface area contributed by atoms with E-state index in [-0.39, 0.29) is 5.41 Å². The predicted molar refractivity (Wildman–Crippen MR) is 115 cm³/mol. The highest BCUT2D eigenvalue weighted by Gasteiger charge is 2.45. The number of benzene rings is 1. The van der Waals surface area contributed by atoms with Crippen LogP contribution in [-0.2, 0) is 4.79 Å². The van der Waals surface area contributed by atoms with Gasteiger partial charge in [-0.2, -0.15) is 0 Å². The van der Waals surface area contributed by atoms with Gasteiger partial charge < -0.3 is 4.90 Å². The molecule has 0 bridgehead atoms. The second kappa shape index (κ2) is 7.48. The van der Waals surface area contributed by atoms with Crippen molar-refractivity contribution >= 4 is 11.6 Å². The molecule has 28 heavy (non-hydrogen) atoms. The number of hydrogen-bond acceptors (Lipinski definition) is 2. The van der Waals surface area contributed by atoms with Crippen molar-refractivity contribution < 1.29 is 4.79 Å². The Labute approximate surface area is 170 Å². The van der Waals surface area contributed by atoms with Crippen LogP contribution >= 0.6 is 0 Å². The summed E-state index contributed by atoms with van der Waals surface area (Å²) in [4.78, 5) is 18.1. The molecule has 1 aromatic rings. The number of piperidine rings is 1. The van der Waals surface area contributed by atoms with E-state index in [2.05, 4.69) is 41.0 Å². The molecule has 3 nitrogen and oxygen atoms in total. The quantitative estimate of drug-likeness (QED) is 0.692. The lowest BCUT2D eigenvalue weighted by atomic mass is 9.77. The van der Waals surface area contributed by atoms with Crippen LogP contribution < -0.4 is 4.90 Å². The van der Waals surface area contributed by atoms with Crippen LogP contribution in [0.2, 0.25) is 0 Å². The van der Waals surface area contributed by atoms with Gasteiger partial charge in [0, 0.05) is 29.7 Å². The maximum Gasteiger partial charge on any atom is 0.233 e. The number of hydrogen-bond donors (Lipinski definition) is 0. The summed E-state index contributed by atoms with van der Waals surface area (Å²) in [6, 6.07) is 10.7. The molecule has 2 unspecified atom stereocenters. The van der Waals surface area contributed by atoms with Gasteiger partial charge in [0.05, 0.1) is 0 Å². The summed E-state index contributed by atoms with van der Waals surface area (Å²) < 4.78 is 0. The second-order valence-corrected chi connectivity index (χ2v) is 10.0. The third-order valence-electron chi connectivity index (χ3n) is 8.45. The number of rotatable bonds is 3. The van der Waals surface area contributed by atoms with E-state index in [0.717, 1.165) is 50.0 Å². The van der Waals surface area contributed by atoms with Crippen LogP contribution in [-0.4, -0.2) is 36.0 Å². The first-order valence-electron chi connectivity index (χ1n) is 11.8. The van der Waals surface area contributed by atoms with Gasteiger partial charge in [-0.15, -0.1) is 0 Å². The fraction of sp³-hybridized carbons (Fsp3) is 0.720. The molecule has 0 radical (unpaired) electrons. The van der Waals surface area contributed by atoms with Crippen molar-refractivity contribution in [2.45, 2.75) is 95.6 Å². The fourth-order valence-electron chi connectivity index (χ4n) is 6.82. The van der Waals surface area contributed by atoms with Gasteiger partial charge in [-0.05, 0) is 94.9 Å². The van der Waals surface area contributed by atoms with E-state index < -0.39 is 0 Å². The number of anilines is 1. The Morgan fingerprint density at radius 2 is 1.64 bits per heavy atom. The minimum absolute atomic E-state index is 0.0258. The molecule has 1 aromatic carbocycles. The molecule has 152 valence electrons. The zero-order chi connectivity index (χ0) is 19.1. The molecular weight excluding hydrogens is 344 g/mol. The van der Waals surface area contributed by atoms with Gasteiger partial charge >= 0.3 is 0 Å². The Balaban J connectivity index is 1.27. The van der Waals surface area contributed by atoms with Crippen LogP contribution in [0.5, 0.6) is 0 Å². The third kappa shape index (κ3) is 3.20. The Hall–Kier alpha value is -1.35. The number of carbonyl (C=O) groups excluding carboxylic acids is 1. The molecule has 4 aliphatic rings. The zero-order valence-electron chi connectivity index (χ0n) is 17.5. The molecule has 4 fully saturated rings. The highest BCUT2D eigenvalue weighted by molar-refractivity contribution is 5.98. The molecule has 2 saturated carbocycles. The zero-order valence-corrected chi connectivity index (χ0v) is 17.5. The fourth-order valence-corrected chi connectivity index (χ4v) is 6.82. The first-order chi connectivity index (χ1) is 13.7. The van der Waals surface area contributed by atoms with E-state index in [9.17, 15) is 4.79 Å². The first-order valence-corrected chi connectivity index (χ1v) is 11.8. The molecule has 3 atom stereocenters. The van der Waals surface area contributed by atoms with Crippen LogP contribution in [0.3, 0.4) is 0 Å². The van der Waals surface area contributed by atoms with E-state index in [0.29, 0.717) is 11.8 Å². The Kier molecular flexibility index (Phi) is 4.99. The van der Waals surface area contributed by atoms with E-state index in [4.69, 9.17) is 0 Å². The van der Waals surface area contributed by atoms with Gasteiger partial charge in [0.15, 0.2) is 0 Å². The SMILES string of the molecule is CC1CCCN1C1CC[C@H](c2ccc(N3CCCC4(CCCC4)C3=O)cc2)C1. The summed E-state index contributed by atoms with van der Waals surface area (Å²) >= 11 is 0. The lowest BCUT2D eigenvalue weighted by Gasteiger charge is -2.39. The van der Waals surface area contributed by atoms with Crippen molar-refractivity contribution in [3.05, 3.63) is 29.8 Å². The molecule has 2 aliphatic carbocycles. The molecule has 2 saturated heterocycles. The summed E-state index contributed by atoms with van der Waals surface area (Å²) in [5.41, 5.74) is 2.59. The largest absolute Gasteiger partial charge is 0.312 e. The molecule has 0 N–H and O–H groups in total. The highest BCUT2D eigenvalue weighted by atomic mass is 16.2. The minimum atomic E-state index is -0.0258. The van der Waals surface area contributed by atoms with Crippen LogP contribution in [0.15, 0.2) is 24.3 Å². The summed E-state index contributed by atoms with van der Waals surface area (Å²) in [5, 5.41) is 0. The summed E-state index contributed by atoms with van der Waals surface area (Å²) in [5.74, 6) is 1.11. The number of likely N-dealkylation sites (tertiary alicyclic amines) is 1. The maximum atomic E-state index is 13.2. The smallest absolute Gasteiger partial charge is 0.233 e. The number of nitrogens with zero attached hydrogens (tertiary/aromatic N) is 2. The van der Waals surface area contributed by atoms with E-state index in [1.165, 1.54) is 57.1 Å². The normalized spacial score (nSPS) is 33.2. The van der Waals surface area contributed by atoms with Gasteiger partial charge in [0.1, 0.15) is 0 Å². The second-order valence-electron chi connectivity index (χ2n) is 10.0. The van der Waals surface area contributed by atoms with E-state index >= 15 is 0 Å². The van der Waals surface area contributed by atoms with Crippen LogP contribution in [0, 0.1) is 5.41 Å². The highest BCUT2D eigenvalue weighted by Crippen LogP contribution is 2.47. The first kappa shape index (κ1) is 18.7. The maximum absolute atomic E-state index is 13.2. The summed E-state index contributed by atoms with van der Waals surface area (Å²) in [7, 11) is 0. The molecule has 0 aromatic heterocycles. The van der Waals surface area contributed by atoms with Crippen LogP contribution in [0.4, 0.5) is 5.69 Å². The topological polar surface area (TPSA) is 23.6 Å². The van der Waals surface area contributed by atoms with E-state index in [1.807, 2.05) is 0 Å². The Morgan fingerprint density at radius 1 is 0.893 bits per heavy atom. The van der Waals surface area contributed by atoms with Gasteiger partial charge in [0.25, 0.3) is 0 Å². The predicted octanol–water partition coefficient (Wildman–Crippen LogP) is 5.49. The Bertz CT molecular complexity index is 706. The minimum Gasteiger partial charge on any atom is -0.312 e. The average molecular weight is 381 g/mol. The molecule has 2 aliphatic heterocycles. The van der Waals surface area contributed by atoms with Crippen molar-refractivity contribution in [2.24, 2.45) is 5.41 Å². The molecular formula is C25H36N2O. The van der Waals surface area contributed by atoms with Crippen molar-refractivity contribution in [2.75, 3.05) is 18.0 Å². The molecule has 5 rings (SSSR count). The van der Waals surface area contributed by atoms with Crippen LogP contribution in [0.25, 0.3) is 0 Å². The van der Waals surface area contributed by atoms with Crippen molar-refractivity contribution in [3.63, 3.8) is 0 Å². The average Bonchev–Trinajstić information content (AvgIpc) is 3.46. The van der Waals surface area contributed by atoms with Gasteiger partial charge in [-0.3, -0.25) is 9.69 Å². The molecule has 1 amide bonds. The standard InChI is InChI=1S/C25H36N2O/c1-19-6-4-16-26(19)23-12-9-21(18-23)20-7-10-22(11-8-20)27-17-5-15-25(24(27)28)13-2-3-14-25/h7-8,10-11,19,21,23H,2-6,9,12-18H2,1H3/t19?,21-,23?/m0/s1. The molecule has 1 spiro atoms. The van der Waals surface area contributed by atoms with Crippen molar-refractivity contribution in [3.8, 4) is 0 Å². The monoisotopic (exact) mass is 380 g/mol.